The van der Waals surface area contributed by atoms with Crippen LogP contribution >= 0.6 is 0 Å². The molecule has 25 heavy (non-hydrogen) atoms. The first kappa shape index (κ1) is 17.5. The van der Waals surface area contributed by atoms with E-state index in [1.807, 2.05) is 6.92 Å². The number of nitrogens with one attached hydrogen (secondary N) is 1. The van der Waals surface area contributed by atoms with Crippen molar-refractivity contribution in [3.8, 4) is 0 Å². The standard InChI is InChI=1S/C17H19N3O4S/c1-13-12-24-10-9-20(13)25(22,23)16-6-4-15(5-7-16)19-17(21)14-3-2-8-18-11-14/h2-8,11,13H,9-10,12H2,1H3,(H,19,21). The molecule has 7 nitrogen and oxygen atoms in total. The van der Waals surface area contributed by atoms with Gasteiger partial charge in [0.25, 0.3) is 5.91 Å². The van der Waals surface area contributed by atoms with Gasteiger partial charge in [0.2, 0.25) is 10.0 Å². The summed E-state index contributed by atoms with van der Waals surface area (Å²) in [6, 6.07) is 9.27. The highest BCUT2D eigenvalue weighted by molar-refractivity contribution is 7.89. The maximum absolute atomic E-state index is 12.7. The van der Waals surface area contributed by atoms with Crippen LogP contribution < -0.4 is 5.32 Å². The van der Waals surface area contributed by atoms with E-state index in [2.05, 4.69) is 10.3 Å². The van der Waals surface area contributed by atoms with E-state index in [0.717, 1.165) is 0 Å². The first-order chi connectivity index (χ1) is 12.0. The van der Waals surface area contributed by atoms with Gasteiger partial charge in [-0.3, -0.25) is 9.78 Å². The highest BCUT2D eigenvalue weighted by Gasteiger charge is 2.31. The fourth-order valence-electron chi connectivity index (χ4n) is 2.61. The van der Waals surface area contributed by atoms with Gasteiger partial charge >= 0.3 is 0 Å². The molecule has 1 fully saturated rings. The van der Waals surface area contributed by atoms with Gasteiger partial charge in [0.15, 0.2) is 0 Å². The molecule has 1 aromatic heterocycles. The number of hydrogen-bond donors (Lipinski definition) is 1. The molecule has 1 saturated heterocycles. The molecule has 3 rings (SSSR count). The lowest BCUT2D eigenvalue weighted by Gasteiger charge is -2.32. The van der Waals surface area contributed by atoms with Gasteiger partial charge < -0.3 is 10.1 Å². The number of carbonyl (C=O) groups is 1. The molecule has 0 bridgehead atoms. The molecule has 0 aliphatic carbocycles. The minimum atomic E-state index is -3.58. The number of hydrogen-bond acceptors (Lipinski definition) is 5. The van der Waals surface area contributed by atoms with E-state index < -0.39 is 10.0 Å². The van der Waals surface area contributed by atoms with E-state index in [-0.39, 0.29) is 16.8 Å². The number of morpholine rings is 1. The largest absolute Gasteiger partial charge is 0.378 e. The van der Waals surface area contributed by atoms with Crippen molar-refractivity contribution in [1.29, 1.82) is 0 Å². The van der Waals surface area contributed by atoms with Gasteiger partial charge in [-0.05, 0) is 43.3 Å². The molecule has 1 unspecified atom stereocenters. The van der Waals surface area contributed by atoms with Crippen molar-refractivity contribution >= 4 is 21.6 Å². The maximum atomic E-state index is 12.7. The van der Waals surface area contributed by atoms with Crippen molar-refractivity contribution in [2.45, 2.75) is 17.9 Å². The lowest BCUT2D eigenvalue weighted by atomic mass is 10.2. The average Bonchev–Trinajstić information content (AvgIpc) is 2.63. The topological polar surface area (TPSA) is 88.6 Å². The lowest BCUT2D eigenvalue weighted by Crippen LogP contribution is -2.46. The zero-order valence-corrected chi connectivity index (χ0v) is 14.6. The van der Waals surface area contributed by atoms with Gasteiger partial charge in [-0.1, -0.05) is 0 Å². The second kappa shape index (κ2) is 7.30. The molecule has 0 spiro atoms. The van der Waals surface area contributed by atoms with Crippen LogP contribution in [-0.4, -0.2) is 49.4 Å². The van der Waals surface area contributed by atoms with Crippen molar-refractivity contribution in [3.63, 3.8) is 0 Å². The molecule has 1 aromatic carbocycles. The van der Waals surface area contributed by atoms with Gasteiger partial charge in [-0.15, -0.1) is 0 Å². The van der Waals surface area contributed by atoms with Crippen molar-refractivity contribution in [1.82, 2.24) is 9.29 Å². The average molecular weight is 361 g/mol. The van der Waals surface area contributed by atoms with Crippen molar-refractivity contribution in [2.24, 2.45) is 0 Å². The van der Waals surface area contributed by atoms with E-state index in [1.165, 1.54) is 22.6 Å². The third kappa shape index (κ3) is 3.87. The molecule has 8 heteroatoms. The number of amides is 1. The third-order valence-corrected chi connectivity index (χ3v) is 5.98. The van der Waals surface area contributed by atoms with Crippen molar-refractivity contribution in [2.75, 3.05) is 25.1 Å². The van der Waals surface area contributed by atoms with Crippen LogP contribution in [0, 0.1) is 0 Å². The Bertz CT molecular complexity index is 838. The number of anilines is 1. The summed E-state index contributed by atoms with van der Waals surface area (Å²) in [5, 5.41) is 2.72. The molecule has 1 aliphatic rings. The Hall–Kier alpha value is -2.29. The SMILES string of the molecule is CC1COCCN1S(=O)(=O)c1ccc(NC(=O)c2cccnc2)cc1. The van der Waals surface area contributed by atoms with Crippen LogP contribution in [0.25, 0.3) is 0 Å². The number of sulfonamides is 1. The number of rotatable bonds is 4. The van der Waals surface area contributed by atoms with Gasteiger partial charge in [0.1, 0.15) is 0 Å². The van der Waals surface area contributed by atoms with Crippen LogP contribution in [0.5, 0.6) is 0 Å². The summed E-state index contributed by atoms with van der Waals surface area (Å²) in [5.74, 6) is -0.300. The monoisotopic (exact) mass is 361 g/mol. The number of nitrogens with zero attached hydrogens (tertiary/aromatic N) is 2. The van der Waals surface area contributed by atoms with Gasteiger partial charge in [0, 0.05) is 30.7 Å². The molecule has 1 amide bonds. The molecule has 0 radical (unpaired) electrons. The summed E-state index contributed by atoms with van der Waals surface area (Å²) < 4.78 is 32.2. The van der Waals surface area contributed by atoms with Crippen LogP contribution in [-0.2, 0) is 14.8 Å². The Morgan fingerprint density at radius 1 is 1.28 bits per heavy atom. The number of ether oxygens (including phenoxy) is 1. The Morgan fingerprint density at radius 2 is 2.04 bits per heavy atom. The zero-order chi connectivity index (χ0) is 17.9. The predicted octanol–water partition coefficient (Wildman–Crippen LogP) is 1.74. The Labute approximate surface area is 146 Å². The maximum Gasteiger partial charge on any atom is 0.257 e. The second-order valence-electron chi connectivity index (χ2n) is 5.76. The summed E-state index contributed by atoms with van der Waals surface area (Å²) in [5.41, 5.74) is 0.948. The summed E-state index contributed by atoms with van der Waals surface area (Å²) in [6.07, 6.45) is 3.05. The van der Waals surface area contributed by atoms with Gasteiger partial charge in [0.05, 0.1) is 23.7 Å². The smallest absolute Gasteiger partial charge is 0.257 e. The van der Waals surface area contributed by atoms with Crippen LogP contribution in [0.15, 0.2) is 53.7 Å². The summed E-state index contributed by atoms with van der Waals surface area (Å²) in [6.45, 7) is 2.93. The number of aromatic nitrogens is 1. The number of carbonyl (C=O) groups excluding carboxylic acids is 1. The van der Waals surface area contributed by atoms with E-state index in [9.17, 15) is 13.2 Å². The molecular weight excluding hydrogens is 342 g/mol. The lowest BCUT2D eigenvalue weighted by molar-refractivity contribution is 0.0393. The fraction of sp³-hybridized carbons (Fsp3) is 0.294. The second-order valence-corrected chi connectivity index (χ2v) is 7.65. The molecule has 132 valence electrons. The summed E-state index contributed by atoms with van der Waals surface area (Å²) >= 11 is 0. The Morgan fingerprint density at radius 3 is 2.68 bits per heavy atom. The Kier molecular flexibility index (Phi) is 5.12. The normalized spacial score (nSPS) is 18.7. The van der Waals surface area contributed by atoms with E-state index in [4.69, 9.17) is 4.74 Å². The van der Waals surface area contributed by atoms with Crippen molar-refractivity contribution in [3.05, 3.63) is 54.4 Å². The molecule has 2 aromatic rings. The number of benzene rings is 1. The van der Waals surface area contributed by atoms with E-state index in [0.29, 0.717) is 31.0 Å². The van der Waals surface area contributed by atoms with E-state index in [1.54, 1.807) is 30.5 Å². The summed E-state index contributed by atoms with van der Waals surface area (Å²) in [7, 11) is -3.58. The van der Waals surface area contributed by atoms with E-state index >= 15 is 0 Å². The molecule has 0 saturated carbocycles. The molecule has 1 aliphatic heterocycles. The highest BCUT2D eigenvalue weighted by atomic mass is 32.2. The number of pyridine rings is 1. The minimum Gasteiger partial charge on any atom is -0.378 e. The predicted molar refractivity (Wildman–Crippen MR) is 92.8 cm³/mol. The van der Waals surface area contributed by atoms with Crippen LogP contribution in [0.2, 0.25) is 0 Å². The van der Waals surface area contributed by atoms with Crippen LogP contribution in [0.4, 0.5) is 5.69 Å². The quantitative estimate of drug-likeness (QED) is 0.896. The Balaban J connectivity index is 1.74. The fourth-order valence-corrected chi connectivity index (χ4v) is 4.22. The minimum absolute atomic E-state index is 0.195. The molecular formula is C17H19N3O4S. The highest BCUT2D eigenvalue weighted by Crippen LogP contribution is 2.22. The van der Waals surface area contributed by atoms with Gasteiger partial charge in [-0.2, -0.15) is 4.31 Å². The summed E-state index contributed by atoms with van der Waals surface area (Å²) in [4.78, 5) is 16.2. The first-order valence-electron chi connectivity index (χ1n) is 7.89. The molecule has 1 N–H and O–H groups in total. The third-order valence-electron chi connectivity index (χ3n) is 3.95. The molecule has 1 atom stereocenters. The zero-order valence-electron chi connectivity index (χ0n) is 13.8. The van der Waals surface area contributed by atoms with Crippen molar-refractivity contribution < 1.29 is 17.9 Å². The van der Waals surface area contributed by atoms with Crippen LogP contribution in [0.1, 0.15) is 17.3 Å². The van der Waals surface area contributed by atoms with Gasteiger partial charge in [-0.25, -0.2) is 8.42 Å². The molecule has 2 heterocycles. The first-order valence-corrected chi connectivity index (χ1v) is 9.33. The van der Waals surface area contributed by atoms with Crippen LogP contribution in [0.3, 0.4) is 0 Å².